The first kappa shape index (κ1) is 14.0. The summed E-state index contributed by atoms with van der Waals surface area (Å²) in [6, 6.07) is 0.841. The summed E-state index contributed by atoms with van der Waals surface area (Å²) < 4.78 is 5.76. The van der Waals surface area contributed by atoms with Crippen molar-refractivity contribution in [3.63, 3.8) is 0 Å². The van der Waals surface area contributed by atoms with Crippen molar-refractivity contribution in [2.75, 3.05) is 6.61 Å². The Balaban J connectivity index is 1.91. The molecule has 1 N–H and O–H groups in total. The molecule has 1 aliphatic carbocycles. The molecule has 0 spiro atoms. The van der Waals surface area contributed by atoms with Crippen molar-refractivity contribution in [3.05, 3.63) is 16.1 Å². The molecule has 3 nitrogen and oxygen atoms in total. The molecule has 102 valence electrons. The minimum atomic E-state index is 0.218. The molecule has 0 aliphatic heterocycles. The van der Waals surface area contributed by atoms with E-state index in [0.29, 0.717) is 18.2 Å². The lowest BCUT2D eigenvalue weighted by Gasteiger charge is -2.52. The molecule has 3 atom stereocenters. The fourth-order valence-electron chi connectivity index (χ4n) is 2.62. The van der Waals surface area contributed by atoms with Crippen LogP contribution >= 0.6 is 11.3 Å². The zero-order valence-corrected chi connectivity index (χ0v) is 12.8. The maximum atomic E-state index is 5.76. The van der Waals surface area contributed by atoms with Crippen LogP contribution in [-0.2, 0) is 4.74 Å². The quantitative estimate of drug-likeness (QED) is 0.889. The Hall–Kier alpha value is -0.450. The molecule has 1 fully saturated rings. The summed E-state index contributed by atoms with van der Waals surface area (Å²) in [5, 5.41) is 6.98. The van der Waals surface area contributed by atoms with Crippen LogP contribution in [0.25, 0.3) is 0 Å². The summed E-state index contributed by atoms with van der Waals surface area (Å²) in [7, 11) is 0. The van der Waals surface area contributed by atoms with Crippen LogP contribution in [0.3, 0.4) is 0 Å². The Morgan fingerprint density at radius 3 is 2.83 bits per heavy atom. The lowest BCUT2D eigenvalue weighted by atomic mass is 9.64. The SMILES string of the molecule is CCOC1CC(NC(C)c2csc(C)n2)C1(C)C. The number of nitrogens with one attached hydrogen (secondary N) is 1. The first-order valence-corrected chi connectivity index (χ1v) is 7.62. The first-order chi connectivity index (χ1) is 8.45. The summed E-state index contributed by atoms with van der Waals surface area (Å²) in [5.74, 6) is 0. The highest BCUT2D eigenvalue weighted by molar-refractivity contribution is 7.09. The second-order valence-electron chi connectivity index (χ2n) is 5.73. The van der Waals surface area contributed by atoms with Gasteiger partial charge >= 0.3 is 0 Å². The van der Waals surface area contributed by atoms with Gasteiger partial charge in [0.05, 0.1) is 16.8 Å². The van der Waals surface area contributed by atoms with E-state index in [4.69, 9.17) is 4.74 Å². The Labute approximate surface area is 114 Å². The van der Waals surface area contributed by atoms with Crippen molar-refractivity contribution in [1.29, 1.82) is 0 Å². The Kier molecular flexibility index (Phi) is 4.09. The molecule has 4 heteroatoms. The van der Waals surface area contributed by atoms with Gasteiger partial charge in [0.25, 0.3) is 0 Å². The van der Waals surface area contributed by atoms with Crippen LogP contribution in [0.2, 0.25) is 0 Å². The smallest absolute Gasteiger partial charge is 0.0898 e. The van der Waals surface area contributed by atoms with Crippen molar-refractivity contribution in [1.82, 2.24) is 10.3 Å². The highest BCUT2D eigenvalue weighted by Crippen LogP contribution is 2.43. The third kappa shape index (κ3) is 2.60. The van der Waals surface area contributed by atoms with E-state index >= 15 is 0 Å². The highest BCUT2D eigenvalue weighted by atomic mass is 32.1. The zero-order valence-electron chi connectivity index (χ0n) is 12.0. The van der Waals surface area contributed by atoms with Gasteiger partial charge in [-0.05, 0) is 27.2 Å². The summed E-state index contributed by atoms with van der Waals surface area (Å²) >= 11 is 1.72. The number of thiazole rings is 1. The van der Waals surface area contributed by atoms with E-state index in [-0.39, 0.29) is 5.41 Å². The van der Waals surface area contributed by atoms with Gasteiger partial charge in [0.15, 0.2) is 0 Å². The molecule has 0 aromatic carbocycles. The van der Waals surface area contributed by atoms with Crippen LogP contribution in [0.4, 0.5) is 0 Å². The normalized spacial score (nSPS) is 27.8. The van der Waals surface area contributed by atoms with E-state index in [0.717, 1.165) is 23.7 Å². The maximum absolute atomic E-state index is 5.76. The molecule has 0 saturated heterocycles. The summed E-state index contributed by atoms with van der Waals surface area (Å²) in [4.78, 5) is 4.55. The molecule has 1 heterocycles. The molecule has 18 heavy (non-hydrogen) atoms. The maximum Gasteiger partial charge on any atom is 0.0898 e. The molecule has 0 radical (unpaired) electrons. The van der Waals surface area contributed by atoms with Gasteiger partial charge in [-0.25, -0.2) is 4.98 Å². The van der Waals surface area contributed by atoms with Gasteiger partial charge in [-0.3, -0.25) is 0 Å². The fraction of sp³-hybridized carbons (Fsp3) is 0.786. The fourth-order valence-corrected chi connectivity index (χ4v) is 3.32. The Bertz CT molecular complexity index is 402. The van der Waals surface area contributed by atoms with E-state index in [2.05, 4.69) is 50.3 Å². The topological polar surface area (TPSA) is 34.1 Å². The summed E-state index contributed by atoms with van der Waals surface area (Å²) in [5.41, 5.74) is 1.38. The van der Waals surface area contributed by atoms with Crippen LogP contribution in [0.1, 0.15) is 50.9 Å². The minimum Gasteiger partial charge on any atom is -0.378 e. The predicted molar refractivity (Wildman–Crippen MR) is 76.0 cm³/mol. The van der Waals surface area contributed by atoms with E-state index in [1.165, 1.54) is 0 Å². The molecular formula is C14H24N2OS. The Morgan fingerprint density at radius 1 is 1.61 bits per heavy atom. The van der Waals surface area contributed by atoms with E-state index in [9.17, 15) is 0 Å². The standard InChI is InChI=1S/C14H24N2OS/c1-6-17-13-7-12(14(13,4)5)15-9(2)11-8-18-10(3)16-11/h8-9,12-13,15H,6-7H2,1-5H3. The van der Waals surface area contributed by atoms with Crippen LogP contribution < -0.4 is 5.32 Å². The second-order valence-corrected chi connectivity index (χ2v) is 6.80. The molecule has 1 aromatic rings. The average Bonchev–Trinajstić information content (AvgIpc) is 2.74. The van der Waals surface area contributed by atoms with Gasteiger partial charge in [-0.2, -0.15) is 0 Å². The number of aromatic nitrogens is 1. The largest absolute Gasteiger partial charge is 0.378 e. The number of ether oxygens (including phenoxy) is 1. The summed E-state index contributed by atoms with van der Waals surface area (Å²) in [6.45, 7) is 11.7. The van der Waals surface area contributed by atoms with Crippen molar-refractivity contribution in [2.45, 2.75) is 59.2 Å². The summed E-state index contributed by atoms with van der Waals surface area (Å²) in [6.07, 6.45) is 1.50. The molecule has 0 amide bonds. The van der Waals surface area contributed by atoms with Gasteiger partial charge in [0.1, 0.15) is 0 Å². The highest BCUT2D eigenvalue weighted by Gasteiger charge is 2.49. The average molecular weight is 268 g/mol. The van der Waals surface area contributed by atoms with Crippen LogP contribution in [0, 0.1) is 12.3 Å². The molecule has 1 aliphatic rings. The molecule has 0 bridgehead atoms. The number of hydrogen-bond acceptors (Lipinski definition) is 4. The van der Waals surface area contributed by atoms with Crippen LogP contribution in [0.5, 0.6) is 0 Å². The van der Waals surface area contributed by atoms with Crippen LogP contribution in [-0.4, -0.2) is 23.7 Å². The van der Waals surface area contributed by atoms with Crippen molar-refractivity contribution in [3.8, 4) is 0 Å². The van der Waals surface area contributed by atoms with Gasteiger partial charge < -0.3 is 10.1 Å². The van der Waals surface area contributed by atoms with E-state index in [1.54, 1.807) is 11.3 Å². The molecular weight excluding hydrogens is 244 g/mol. The molecule has 1 aromatic heterocycles. The molecule has 2 rings (SSSR count). The predicted octanol–water partition coefficient (Wildman–Crippen LogP) is 3.31. The number of hydrogen-bond donors (Lipinski definition) is 1. The third-order valence-corrected chi connectivity index (χ3v) is 4.87. The van der Waals surface area contributed by atoms with Gasteiger partial charge in [0.2, 0.25) is 0 Å². The second kappa shape index (κ2) is 5.27. The van der Waals surface area contributed by atoms with Gasteiger partial charge in [-0.15, -0.1) is 11.3 Å². The van der Waals surface area contributed by atoms with E-state index < -0.39 is 0 Å². The molecule has 1 saturated carbocycles. The minimum absolute atomic E-state index is 0.218. The van der Waals surface area contributed by atoms with Gasteiger partial charge in [-0.1, -0.05) is 13.8 Å². The van der Waals surface area contributed by atoms with Crippen LogP contribution in [0.15, 0.2) is 5.38 Å². The Morgan fingerprint density at radius 2 is 2.33 bits per heavy atom. The number of nitrogens with zero attached hydrogens (tertiary/aromatic N) is 1. The van der Waals surface area contributed by atoms with Crippen molar-refractivity contribution < 1.29 is 4.74 Å². The number of aryl methyl sites for hydroxylation is 1. The van der Waals surface area contributed by atoms with Gasteiger partial charge in [0, 0.05) is 29.5 Å². The lowest BCUT2D eigenvalue weighted by Crippen LogP contribution is -2.61. The first-order valence-electron chi connectivity index (χ1n) is 6.74. The third-order valence-electron chi connectivity index (χ3n) is 4.08. The molecule has 3 unspecified atom stereocenters. The van der Waals surface area contributed by atoms with Crippen molar-refractivity contribution in [2.24, 2.45) is 5.41 Å². The monoisotopic (exact) mass is 268 g/mol. The van der Waals surface area contributed by atoms with E-state index in [1.807, 2.05) is 0 Å². The number of rotatable bonds is 5. The lowest BCUT2D eigenvalue weighted by molar-refractivity contribution is -0.116. The van der Waals surface area contributed by atoms with Crippen molar-refractivity contribution >= 4 is 11.3 Å². The zero-order chi connectivity index (χ0) is 13.3.